The second-order valence-corrected chi connectivity index (χ2v) is 9.04. The third-order valence-electron chi connectivity index (χ3n) is 5.21. The van der Waals surface area contributed by atoms with Gasteiger partial charge < -0.3 is 14.6 Å². The molecule has 0 aliphatic carbocycles. The maximum Gasteiger partial charge on any atom is 0.291 e. The third-order valence-corrected chi connectivity index (χ3v) is 7.41. The van der Waals surface area contributed by atoms with Crippen molar-refractivity contribution in [1.29, 1.82) is 0 Å². The van der Waals surface area contributed by atoms with E-state index in [0.717, 1.165) is 51.8 Å². The van der Waals surface area contributed by atoms with Crippen molar-refractivity contribution >= 4 is 43.8 Å². The van der Waals surface area contributed by atoms with E-state index in [1.54, 1.807) is 39.7 Å². The average molecular weight is 411 g/mol. The van der Waals surface area contributed by atoms with Crippen molar-refractivity contribution in [2.75, 3.05) is 18.4 Å². The molecule has 5 rings (SSSR count). The Hall–Kier alpha value is -2.48. The highest BCUT2D eigenvalue weighted by molar-refractivity contribution is 7.22. The first kappa shape index (κ1) is 17.6. The van der Waals surface area contributed by atoms with Crippen LogP contribution in [0.3, 0.4) is 0 Å². The summed E-state index contributed by atoms with van der Waals surface area (Å²) in [6.45, 7) is 5.46. The van der Waals surface area contributed by atoms with E-state index in [4.69, 9.17) is 9.40 Å². The summed E-state index contributed by atoms with van der Waals surface area (Å²) in [6, 6.07) is 11.6. The summed E-state index contributed by atoms with van der Waals surface area (Å²) in [6.07, 6.45) is 2.53. The fraction of sp³-hybridized carbons (Fsp3) is 0.238. The maximum absolute atomic E-state index is 12.6. The van der Waals surface area contributed by atoms with E-state index in [2.05, 4.69) is 18.3 Å². The van der Waals surface area contributed by atoms with Crippen LogP contribution in [0.25, 0.3) is 20.8 Å². The molecule has 0 saturated heterocycles. The number of quaternary nitrogens is 1. The number of benzene rings is 1. The molecule has 4 heterocycles. The first-order valence-electron chi connectivity index (χ1n) is 9.42. The van der Waals surface area contributed by atoms with E-state index in [-0.39, 0.29) is 5.91 Å². The normalized spacial score (nSPS) is 16.2. The molecule has 7 heteroatoms. The minimum atomic E-state index is -0.217. The first-order valence-corrected chi connectivity index (χ1v) is 11.0. The number of aromatic nitrogens is 1. The van der Waals surface area contributed by atoms with Gasteiger partial charge in [-0.05, 0) is 36.8 Å². The number of carbonyl (C=O) groups is 1. The fourth-order valence-corrected chi connectivity index (χ4v) is 6.13. The molecular formula is C21H20N3O2S2+. The molecule has 5 nitrogen and oxygen atoms in total. The van der Waals surface area contributed by atoms with Gasteiger partial charge in [-0.2, -0.15) is 0 Å². The zero-order valence-electron chi connectivity index (χ0n) is 15.5. The number of nitrogens with zero attached hydrogens (tertiary/aromatic N) is 1. The van der Waals surface area contributed by atoms with Crippen molar-refractivity contribution in [1.82, 2.24) is 4.98 Å². The van der Waals surface area contributed by atoms with Crippen LogP contribution >= 0.6 is 22.7 Å². The van der Waals surface area contributed by atoms with Gasteiger partial charge in [-0.1, -0.05) is 12.1 Å². The van der Waals surface area contributed by atoms with E-state index >= 15 is 0 Å². The molecule has 1 atom stereocenters. The second-order valence-electron chi connectivity index (χ2n) is 6.91. The first-order chi connectivity index (χ1) is 13.7. The van der Waals surface area contributed by atoms with Crippen LogP contribution in [0.2, 0.25) is 0 Å². The van der Waals surface area contributed by atoms with Crippen molar-refractivity contribution in [2.24, 2.45) is 0 Å². The van der Waals surface area contributed by atoms with Crippen LogP contribution in [0, 0.1) is 0 Å². The number of para-hydroxylation sites is 1. The number of anilines is 1. The quantitative estimate of drug-likeness (QED) is 0.538. The van der Waals surface area contributed by atoms with E-state index in [1.165, 1.54) is 16.7 Å². The number of rotatable bonds is 4. The van der Waals surface area contributed by atoms with Gasteiger partial charge in [-0.3, -0.25) is 4.79 Å². The molecule has 1 aliphatic rings. The number of thiophene rings is 1. The standard InChI is InChI=1S/C21H19N3O2S2/c1-2-24-10-9-13-17(12-24)28-21(23-19(25)15-7-5-11-26-15)18(13)20-22-14-6-3-4-8-16(14)27-20/h3-8,11H,2,9-10,12H2,1H3,(H,23,25)/p+1. The van der Waals surface area contributed by atoms with Crippen molar-refractivity contribution in [3.8, 4) is 10.6 Å². The van der Waals surface area contributed by atoms with Crippen molar-refractivity contribution in [2.45, 2.75) is 19.9 Å². The van der Waals surface area contributed by atoms with Crippen LogP contribution in [0.15, 0.2) is 47.1 Å². The third kappa shape index (κ3) is 3.05. The van der Waals surface area contributed by atoms with Crippen molar-refractivity contribution in [3.05, 3.63) is 58.9 Å². The molecule has 4 aromatic rings. The van der Waals surface area contributed by atoms with Gasteiger partial charge in [0, 0.05) is 12.0 Å². The van der Waals surface area contributed by atoms with Gasteiger partial charge in [0.25, 0.3) is 5.91 Å². The minimum absolute atomic E-state index is 0.217. The predicted octanol–water partition coefficient (Wildman–Crippen LogP) is 3.83. The summed E-state index contributed by atoms with van der Waals surface area (Å²) in [5.41, 5.74) is 3.44. The van der Waals surface area contributed by atoms with Gasteiger partial charge >= 0.3 is 0 Å². The number of carbonyl (C=O) groups excluding carboxylic acids is 1. The van der Waals surface area contributed by atoms with Crippen molar-refractivity contribution in [3.63, 3.8) is 0 Å². The monoisotopic (exact) mass is 410 g/mol. The van der Waals surface area contributed by atoms with Crippen LogP contribution in [0.5, 0.6) is 0 Å². The van der Waals surface area contributed by atoms with Crippen LogP contribution in [0.4, 0.5) is 5.00 Å². The Morgan fingerprint density at radius 1 is 1.25 bits per heavy atom. The second kappa shape index (κ2) is 7.16. The van der Waals surface area contributed by atoms with Gasteiger partial charge in [0.1, 0.15) is 16.6 Å². The zero-order valence-corrected chi connectivity index (χ0v) is 17.1. The number of thiazole rings is 1. The molecule has 0 radical (unpaired) electrons. The molecule has 1 amide bonds. The highest BCUT2D eigenvalue weighted by atomic mass is 32.1. The Labute approximate surface area is 170 Å². The van der Waals surface area contributed by atoms with Gasteiger partial charge in [0.15, 0.2) is 5.76 Å². The van der Waals surface area contributed by atoms with Crippen molar-refractivity contribution < 1.29 is 14.1 Å². The summed E-state index contributed by atoms with van der Waals surface area (Å²) in [5.74, 6) is 0.105. The smallest absolute Gasteiger partial charge is 0.291 e. The van der Waals surface area contributed by atoms with Crippen LogP contribution in [-0.4, -0.2) is 24.0 Å². The Balaban J connectivity index is 1.61. The summed E-state index contributed by atoms with van der Waals surface area (Å²) in [4.78, 5) is 20.5. The number of amides is 1. The lowest BCUT2D eigenvalue weighted by Crippen LogP contribution is -3.11. The predicted molar refractivity (Wildman–Crippen MR) is 113 cm³/mol. The molecule has 28 heavy (non-hydrogen) atoms. The lowest BCUT2D eigenvalue weighted by Gasteiger charge is -2.22. The number of furan rings is 1. The van der Waals surface area contributed by atoms with Gasteiger partial charge in [0.2, 0.25) is 0 Å². The summed E-state index contributed by atoms with van der Waals surface area (Å²) in [7, 11) is 0. The Bertz CT molecular complexity index is 1110. The highest BCUT2D eigenvalue weighted by Gasteiger charge is 2.29. The summed E-state index contributed by atoms with van der Waals surface area (Å²) < 4.78 is 6.44. The maximum atomic E-state index is 12.6. The molecule has 0 fully saturated rings. The van der Waals surface area contributed by atoms with Crippen LogP contribution in [0.1, 0.15) is 27.9 Å². The van der Waals surface area contributed by atoms with E-state index in [0.29, 0.717) is 5.76 Å². The average Bonchev–Trinajstić information content (AvgIpc) is 3.44. The minimum Gasteiger partial charge on any atom is -0.459 e. The van der Waals surface area contributed by atoms with E-state index < -0.39 is 0 Å². The SMILES string of the molecule is CC[NH+]1CCc2c(sc(NC(=O)c3ccco3)c2-c2nc3ccccc3s2)C1. The Morgan fingerprint density at radius 2 is 2.14 bits per heavy atom. The lowest BCUT2D eigenvalue weighted by molar-refractivity contribution is -0.913. The van der Waals surface area contributed by atoms with E-state index in [9.17, 15) is 4.79 Å². The number of hydrogen-bond donors (Lipinski definition) is 2. The molecule has 0 saturated carbocycles. The molecule has 1 aromatic carbocycles. The lowest BCUT2D eigenvalue weighted by atomic mass is 10.0. The molecule has 142 valence electrons. The zero-order chi connectivity index (χ0) is 19.1. The summed E-state index contributed by atoms with van der Waals surface area (Å²) >= 11 is 3.37. The Morgan fingerprint density at radius 3 is 2.93 bits per heavy atom. The molecule has 0 spiro atoms. The molecule has 1 aliphatic heterocycles. The largest absolute Gasteiger partial charge is 0.459 e. The van der Waals surface area contributed by atoms with Gasteiger partial charge in [0.05, 0.1) is 34.4 Å². The highest BCUT2D eigenvalue weighted by Crippen LogP contribution is 2.44. The number of nitrogens with one attached hydrogen (secondary N) is 2. The molecular weight excluding hydrogens is 390 g/mol. The van der Waals surface area contributed by atoms with E-state index in [1.807, 2.05) is 18.2 Å². The van der Waals surface area contributed by atoms with Gasteiger partial charge in [-0.15, -0.1) is 22.7 Å². The summed E-state index contributed by atoms with van der Waals surface area (Å²) in [5, 5.41) is 4.95. The number of likely N-dealkylation sites (N-methyl/N-ethyl adjacent to an activating group) is 1. The molecule has 1 unspecified atom stereocenters. The molecule has 0 bridgehead atoms. The topological polar surface area (TPSA) is 59.6 Å². The van der Waals surface area contributed by atoms with Gasteiger partial charge in [-0.25, -0.2) is 4.98 Å². The molecule has 3 aromatic heterocycles. The number of hydrogen-bond acceptors (Lipinski definition) is 5. The van der Waals surface area contributed by atoms with Crippen LogP contribution < -0.4 is 10.2 Å². The van der Waals surface area contributed by atoms with Crippen LogP contribution in [-0.2, 0) is 13.0 Å². The number of fused-ring (bicyclic) bond motifs is 2. The Kier molecular flexibility index (Phi) is 4.50. The molecule has 2 N–H and O–H groups in total. The fourth-order valence-electron chi connectivity index (χ4n) is 3.70.